The summed E-state index contributed by atoms with van der Waals surface area (Å²) in [4.78, 5) is 45.8. The van der Waals surface area contributed by atoms with Crippen molar-refractivity contribution in [2.75, 3.05) is 31.5 Å². The van der Waals surface area contributed by atoms with Crippen molar-refractivity contribution in [2.24, 2.45) is 0 Å². The molecule has 2 aliphatic rings. The third-order valence-corrected chi connectivity index (χ3v) is 8.13. The molecule has 2 aromatic heterocycles. The number of rotatable bonds is 4. The number of H-pyrrole nitrogens is 2. The van der Waals surface area contributed by atoms with Gasteiger partial charge in [0.15, 0.2) is 0 Å². The number of anilines is 1. The first-order valence-electron chi connectivity index (χ1n) is 12.2. The third-order valence-electron chi connectivity index (χ3n) is 6.88. The van der Waals surface area contributed by atoms with Gasteiger partial charge in [-0.2, -0.15) is 5.10 Å². The van der Waals surface area contributed by atoms with Crippen molar-refractivity contribution < 1.29 is 9.59 Å². The maximum Gasteiger partial charge on any atom is 0.340 e. The molecule has 10 heteroatoms. The Morgan fingerprint density at radius 3 is 2.51 bits per heavy atom. The van der Waals surface area contributed by atoms with Crippen molar-refractivity contribution in [1.82, 2.24) is 25.0 Å². The van der Waals surface area contributed by atoms with Gasteiger partial charge in [0.05, 0.1) is 5.56 Å². The van der Waals surface area contributed by atoms with E-state index in [-0.39, 0.29) is 23.5 Å². The number of thiophene rings is 1. The van der Waals surface area contributed by atoms with Gasteiger partial charge in [0.2, 0.25) is 0 Å². The predicted molar refractivity (Wildman–Crippen MR) is 136 cm³/mol. The zero-order valence-electron chi connectivity index (χ0n) is 19.8. The summed E-state index contributed by atoms with van der Waals surface area (Å²) in [6.45, 7) is 4.53. The zero-order valence-corrected chi connectivity index (χ0v) is 20.6. The Labute approximate surface area is 207 Å². The topological polar surface area (TPSA) is 114 Å². The normalized spacial score (nSPS) is 18.5. The molecule has 0 saturated carbocycles. The number of hydrogen-bond acceptors (Lipinski definition) is 5. The minimum atomic E-state index is -0.343. The van der Waals surface area contributed by atoms with Crippen molar-refractivity contribution in [3.05, 3.63) is 57.8 Å². The number of urea groups is 1. The van der Waals surface area contributed by atoms with E-state index in [1.807, 2.05) is 42.2 Å². The highest BCUT2D eigenvalue weighted by atomic mass is 32.1. The summed E-state index contributed by atoms with van der Waals surface area (Å²) in [6.07, 6.45) is 4.81. The average Bonchev–Trinajstić information content (AvgIpc) is 3.47. The summed E-state index contributed by atoms with van der Waals surface area (Å²) in [6, 6.07) is 9.74. The number of carbonyl (C=O) groups excluding carboxylic acids is 2. The molecule has 184 valence electrons. The molecule has 3 N–H and O–H groups in total. The van der Waals surface area contributed by atoms with E-state index in [0.717, 1.165) is 61.2 Å². The van der Waals surface area contributed by atoms with E-state index in [9.17, 15) is 14.4 Å². The molecule has 0 radical (unpaired) electrons. The van der Waals surface area contributed by atoms with Crippen molar-refractivity contribution in [1.29, 1.82) is 0 Å². The van der Waals surface area contributed by atoms with Gasteiger partial charge in [-0.1, -0.05) is 30.3 Å². The second-order valence-corrected chi connectivity index (χ2v) is 10.3. The van der Waals surface area contributed by atoms with Crippen LogP contribution in [0.15, 0.2) is 35.1 Å². The van der Waals surface area contributed by atoms with Crippen LogP contribution in [0.2, 0.25) is 0 Å². The first kappa shape index (κ1) is 23.3. The van der Waals surface area contributed by atoms with Crippen molar-refractivity contribution in [3.63, 3.8) is 0 Å². The molecule has 0 aliphatic carbocycles. The summed E-state index contributed by atoms with van der Waals surface area (Å²) in [5.41, 5.74) is 2.18. The van der Waals surface area contributed by atoms with Crippen molar-refractivity contribution in [2.45, 2.75) is 44.9 Å². The lowest BCUT2D eigenvalue weighted by Crippen LogP contribution is -2.42. The van der Waals surface area contributed by atoms with Crippen LogP contribution in [0.5, 0.6) is 0 Å². The maximum atomic E-state index is 13.6. The molecule has 1 unspecified atom stereocenters. The molecule has 9 nitrogen and oxygen atoms in total. The zero-order chi connectivity index (χ0) is 24.4. The fourth-order valence-electron chi connectivity index (χ4n) is 5.02. The fraction of sp³-hybridized carbons (Fsp3) is 0.440. The van der Waals surface area contributed by atoms with E-state index < -0.39 is 0 Å². The highest BCUT2D eigenvalue weighted by Gasteiger charge is 2.31. The van der Waals surface area contributed by atoms with Gasteiger partial charge in [-0.3, -0.25) is 15.1 Å². The van der Waals surface area contributed by atoms with E-state index >= 15 is 0 Å². The first-order chi connectivity index (χ1) is 17.0. The number of aromatic amines is 2. The van der Waals surface area contributed by atoms with Gasteiger partial charge < -0.3 is 9.80 Å². The summed E-state index contributed by atoms with van der Waals surface area (Å²) < 4.78 is 0. The number of piperidine rings is 2. The fourth-order valence-corrected chi connectivity index (χ4v) is 6.21. The molecule has 35 heavy (non-hydrogen) atoms. The molecule has 4 heterocycles. The van der Waals surface area contributed by atoms with Crippen LogP contribution in [0, 0.1) is 6.92 Å². The second-order valence-electron chi connectivity index (χ2n) is 9.26. The number of hydrogen-bond donors (Lipinski definition) is 3. The average molecular weight is 495 g/mol. The molecular weight excluding hydrogens is 464 g/mol. The Balaban J connectivity index is 1.42. The molecule has 1 atom stereocenters. The number of aromatic nitrogens is 3. The highest BCUT2D eigenvalue weighted by Crippen LogP contribution is 2.41. The third kappa shape index (κ3) is 4.88. The minimum Gasteiger partial charge on any atom is -0.339 e. The SMILES string of the molecule is Cc1c(-c2ccccc2)sc(NC(=O)N2CCCC(c3n[nH]c(=O)[nH]3)C2)c1C(=O)N1CCCCC1. The second kappa shape index (κ2) is 10.1. The predicted octanol–water partition coefficient (Wildman–Crippen LogP) is 4.17. The lowest BCUT2D eigenvalue weighted by molar-refractivity contribution is 0.0725. The van der Waals surface area contributed by atoms with Gasteiger partial charge >= 0.3 is 11.7 Å². The maximum absolute atomic E-state index is 13.6. The Hall–Kier alpha value is -3.40. The molecule has 1 aromatic carbocycles. The summed E-state index contributed by atoms with van der Waals surface area (Å²) in [5, 5.41) is 10.1. The lowest BCUT2D eigenvalue weighted by Gasteiger charge is -2.31. The molecule has 2 aliphatic heterocycles. The largest absolute Gasteiger partial charge is 0.340 e. The van der Waals surface area contributed by atoms with Gasteiger partial charge in [-0.05, 0) is 50.2 Å². The van der Waals surface area contributed by atoms with Gasteiger partial charge in [0, 0.05) is 37.0 Å². The lowest BCUT2D eigenvalue weighted by atomic mass is 9.98. The molecule has 3 aromatic rings. The summed E-state index contributed by atoms with van der Waals surface area (Å²) in [5.74, 6) is 0.529. The van der Waals surface area contributed by atoms with Gasteiger partial charge in [-0.25, -0.2) is 14.7 Å². The van der Waals surface area contributed by atoms with E-state index in [2.05, 4.69) is 20.5 Å². The van der Waals surface area contributed by atoms with Crippen LogP contribution < -0.4 is 11.0 Å². The molecule has 2 saturated heterocycles. The quantitative estimate of drug-likeness (QED) is 0.505. The van der Waals surface area contributed by atoms with E-state index in [4.69, 9.17) is 0 Å². The number of nitrogens with zero attached hydrogens (tertiary/aromatic N) is 3. The van der Waals surface area contributed by atoms with Crippen LogP contribution in [0.1, 0.15) is 59.8 Å². The van der Waals surface area contributed by atoms with Gasteiger partial charge in [0.1, 0.15) is 10.8 Å². The van der Waals surface area contributed by atoms with Crippen molar-refractivity contribution >= 4 is 28.3 Å². The molecule has 3 amide bonds. The van der Waals surface area contributed by atoms with Crippen LogP contribution in [0.25, 0.3) is 10.4 Å². The first-order valence-corrected chi connectivity index (χ1v) is 13.0. The smallest absolute Gasteiger partial charge is 0.339 e. The van der Waals surface area contributed by atoms with Crippen LogP contribution in [0.3, 0.4) is 0 Å². The monoisotopic (exact) mass is 494 g/mol. The van der Waals surface area contributed by atoms with Crippen LogP contribution >= 0.6 is 11.3 Å². The Morgan fingerprint density at radius 1 is 1.06 bits per heavy atom. The number of amides is 3. The molecule has 0 spiro atoms. The van der Waals surface area contributed by atoms with Crippen LogP contribution in [-0.2, 0) is 0 Å². The van der Waals surface area contributed by atoms with Gasteiger partial charge in [-0.15, -0.1) is 11.3 Å². The van der Waals surface area contributed by atoms with E-state index in [1.54, 1.807) is 4.90 Å². The molecular formula is C25H30N6O3S. The molecule has 5 rings (SSSR count). The Kier molecular flexibility index (Phi) is 6.72. The van der Waals surface area contributed by atoms with E-state index in [1.165, 1.54) is 11.3 Å². The van der Waals surface area contributed by atoms with Crippen LogP contribution in [-0.4, -0.2) is 63.1 Å². The Bertz CT molecular complexity index is 1260. The highest BCUT2D eigenvalue weighted by molar-refractivity contribution is 7.20. The van der Waals surface area contributed by atoms with Gasteiger partial charge in [0.25, 0.3) is 5.91 Å². The minimum absolute atomic E-state index is 0.0125. The summed E-state index contributed by atoms with van der Waals surface area (Å²) >= 11 is 1.45. The van der Waals surface area contributed by atoms with Crippen molar-refractivity contribution in [3.8, 4) is 10.4 Å². The van der Waals surface area contributed by atoms with E-state index in [0.29, 0.717) is 29.5 Å². The number of benzene rings is 1. The number of likely N-dealkylation sites (tertiary alicyclic amines) is 2. The number of nitrogens with one attached hydrogen (secondary N) is 3. The molecule has 0 bridgehead atoms. The number of carbonyl (C=O) groups is 2. The molecule has 2 fully saturated rings. The van der Waals surface area contributed by atoms with Crippen LogP contribution in [0.4, 0.5) is 9.80 Å². The Morgan fingerprint density at radius 2 is 1.80 bits per heavy atom. The standard InChI is InChI=1S/C25H30N6O3S/c1-16-19(23(32)30-12-6-3-7-13-30)22(35-20(16)17-9-4-2-5-10-17)27-25(34)31-14-8-11-18(15-31)21-26-24(33)29-28-21/h2,4-5,9-10,18H,3,6-8,11-15H2,1H3,(H,27,34)(H2,26,28,29,33). The summed E-state index contributed by atoms with van der Waals surface area (Å²) in [7, 11) is 0.